The fourth-order valence-electron chi connectivity index (χ4n) is 3.72. The van der Waals surface area contributed by atoms with Crippen molar-refractivity contribution in [2.75, 3.05) is 19.0 Å². The van der Waals surface area contributed by atoms with E-state index in [0.717, 1.165) is 16.8 Å². The SMILES string of the molecule is COc1ccc(C(=O)COC(=O)CCC(=O)Nc2ccc(Oc3ccc4ccccc4c3)cc2)cc1[N+](=O)[O-]. The summed E-state index contributed by atoms with van der Waals surface area (Å²) >= 11 is 0. The maximum Gasteiger partial charge on any atom is 0.311 e. The molecule has 10 heteroatoms. The van der Waals surface area contributed by atoms with Crippen molar-refractivity contribution in [2.45, 2.75) is 12.8 Å². The summed E-state index contributed by atoms with van der Waals surface area (Å²) in [5, 5.41) is 16.0. The van der Waals surface area contributed by atoms with Gasteiger partial charge in [0.05, 0.1) is 18.5 Å². The van der Waals surface area contributed by atoms with Gasteiger partial charge in [-0.25, -0.2) is 0 Å². The van der Waals surface area contributed by atoms with Gasteiger partial charge >= 0.3 is 11.7 Å². The molecule has 0 saturated heterocycles. The lowest BCUT2D eigenvalue weighted by atomic mass is 10.1. The van der Waals surface area contributed by atoms with Gasteiger partial charge in [-0.1, -0.05) is 30.3 Å². The van der Waals surface area contributed by atoms with Crippen LogP contribution >= 0.6 is 0 Å². The van der Waals surface area contributed by atoms with E-state index in [1.165, 1.54) is 19.2 Å². The third kappa shape index (κ3) is 7.16. The van der Waals surface area contributed by atoms with Gasteiger partial charge in [-0.3, -0.25) is 24.5 Å². The van der Waals surface area contributed by atoms with E-state index in [0.29, 0.717) is 17.2 Å². The predicted octanol–water partition coefficient (Wildman–Crippen LogP) is 5.69. The lowest BCUT2D eigenvalue weighted by molar-refractivity contribution is -0.385. The lowest BCUT2D eigenvalue weighted by Gasteiger charge is -2.09. The summed E-state index contributed by atoms with van der Waals surface area (Å²) in [6.07, 6.45) is -0.401. The summed E-state index contributed by atoms with van der Waals surface area (Å²) < 4.78 is 15.7. The summed E-state index contributed by atoms with van der Waals surface area (Å²) in [6.45, 7) is -0.609. The van der Waals surface area contributed by atoms with E-state index >= 15 is 0 Å². The van der Waals surface area contributed by atoms with E-state index in [2.05, 4.69) is 5.32 Å². The maximum absolute atomic E-state index is 12.3. The fraction of sp³-hybridized carbons (Fsp3) is 0.138. The minimum atomic E-state index is -0.749. The second-order valence-corrected chi connectivity index (χ2v) is 8.41. The van der Waals surface area contributed by atoms with Crippen molar-refractivity contribution in [1.29, 1.82) is 0 Å². The zero-order valence-corrected chi connectivity index (χ0v) is 20.9. The Bertz CT molecular complexity index is 1530. The number of nitro benzene ring substituents is 1. The Labute approximate surface area is 223 Å². The normalized spacial score (nSPS) is 10.5. The van der Waals surface area contributed by atoms with Gasteiger partial charge in [-0.15, -0.1) is 0 Å². The number of ether oxygens (including phenoxy) is 3. The second kappa shape index (κ2) is 12.3. The molecular weight excluding hydrogens is 504 g/mol. The molecule has 0 bridgehead atoms. The highest BCUT2D eigenvalue weighted by molar-refractivity contribution is 5.99. The Morgan fingerprint density at radius 1 is 0.846 bits per heavy atom. The fourth-order valence-corrected chi connectivity index (χ4v) is 3.72. The molecule has 4 rings (SSSR count). The minimum Gasteiger partial charge on any atom is -0.490 e. The van der Waals surface area contributed by atoms with Crippen LogP contribution in [0.3, 0.4) is 0 Å². The maximum atomic E-state index is 12.3. The summed E-state index contributed by atoms with van der Waals surface area (Å²) in [6, 6.07) is 24.2. The van der Waals surface area contributed by atoms with Crippen LogP contribution in [0.25, 0.3) is 10.8 Å². The number of carbonyl (C=O) groups is 3. The molecule has 4 aromatic carbocycles. The second-order valence-electron chi connectivity index (χ2n) is 8.41. The van der Waals surface area contributed by atoms with Crippen molar-refractivity contribution in [3.05, 3.63) is 101 Å². The van der Waals surface area contributed by atoms with Crippen LogP contribution in [0.15, 0.2) is 84.9 Å². The quantitative estimate of drug-likeness (QED) is 0.113. The number of fused-ring (bicyclic) bond motifs is 1. The third-order valence-corrected chi connectivity index (χ3v) is 5.71. The Morgan fingerprint density at radius 2 is 1.56 bits per heavy atom. The van der Waals surface area contributed by atoms with E-state index < -0.39 is 29.2 Å². The monoisotopic (exact) mass is 528 g/mol. The summed E-state index contributed by atoms with van der Waals surface area (Å²) in [5.41, 5.74) is 0.149. The van der Waals surface area contributed by atoms with Gasteiger partial charge in [-0.05, 0) is 59.3 Å². The number of amides is 1. The first kappa shape index (κ1) is 26.8. The van der Waals surface area contributed by atoms with Crippen LogP contribution in [0.4, 0.5) is 11.4 Å². The molecule has 198 valence electrons. The van der Waals surface area contributed by atoms with Gasteiger partial charge in [0.2, 0.25) is 11.7 Å². The molecule has 1 N–H and O–H groups in total. The number of anilines is 1. The minimum absolute atomic E-state index is 0.00100. The number of carbonyl (C=O) groups excluding carboxylic acids is 3. The predicted molar refractivity (Wildman–Crippen MR) is 143 cm³/mol. The Morgan fingerprint density at radius 3 is 2.28 bits per heavy atom. The molecule has 0 aliphatic rings. The van der Waals surface area contributed by atoms with Gasteiger partial charge in [-0.2, -0.15) is 0 Å². The van der Waals surface area contributed by atoms with Crippen LogP contribution in [0, 0.1) is 10.1 Å². The number of Topliss-reactive ketones (excluding diaryl/α,β-unsaturated/α-hetero) is 1. The van der Waals surface area contributed by atoms with Crippen molar-refractivity contribution in [1.82, 2.24) is 0 Å². The van der Waals surface area contributed by atoms with E-state index in [4.69, 9.17) is 14.2 Å². The first-order valence-corrected chi connectivity index (χ1v) is 11.9. The number of esters is 1. The average molecular weight is 529 g/mol. The zero-order valence-electron chi connectivity index (χ0n) is 20.9. The molecule has 39 heavy (non-hydrogen) atoms. The van der Waals surface area contributed by atoms with Gasteiger partial charge in [0, 0.05) is 23.7 Å². The van der Waals surface area contributed by atoms with Crippen molar-refractivity contribution < 1.29 is 33.5 Å². The van der Waals surface area contributed by atoms with Crippen molar-refractivity contribution in [3.8, 4) is 17.2 Å². The summed E-state index contributed by atoms with van der Waals surface area (Å²) in [7, 11) is 1.28. The van der Waals surface area contributed by atoms with Gasteiger partial charge in [0.15, 0.2) is 12.4 Å². The number of hydrogen-bond donors (Lipinski definition) is 1. The van der Waals surface area contributed by atoms with E-state index in [1.807, 2.05) is 42.5 Å². The molecule has 0 atom stereocenters. The highest BCUT2D eigenvalue weighted by Gasteiger charge is 2.19. The number of benzene rings is 4. The summed E-state index contributed by atoms with van der Waals surface area (Å²) in [5.74, 6) is -0.490. The number of rotatable bonds is 11. The van der Waals surface area contributed by atoms with Crippen LogP contribution < -0.4 is 14.8 Å². The number of methoxy groups -OCH3 is 1. The number of hydrogen-bond acceptors (Lipinski definition) is 8. The van der Waals surface area contributed by atoms with Crippen molar-refractivity contribution in [3.63, 3.8) is 0 Å². The molecule has 0 aliphatic carbocycles. The number of ketones is 1. The average Bonchev–Trinajstić information content (AvgIpc) is 2.95. The number of nitrogens with zero attached hydrogens (tertiary/aromatic N) is 1. The molecule has 0 fully saturated rings. The number of nitrogens with one attached hydrogen (secondary N) is 1. The molecule has 0 heterocycles. The topological polar surface area (TPSA) is 134 Å². The van der Waals surface area contributed by atoms with Gasteiger partial charge < -0.3 is 19.5 Å². The Hall–Kier alpha value is -5.25. The molecule has 0 unspecified atom stereocenters. The third-order valence-electron chi connectivity index (χ3n) is 5.71. The molecule has 4 aromatic rings. The van der Waals surface area contributed by atoms with Crippen LogP contribution in [0.1, 0.15) is 23.2 Å². The van der Waals surface area contributed by atoms with Gasteiger partial charge in [0.25, 0.3) is 0 Å². The molecule has 0 saturated carbocycles. The van der Waals surface area contributed by atoms with Crippen molar-refractivity contribution >= 4 is 39.8 Å². The molecule has 10 nitrogen and oxygen atoms in total. The summed E-state index contributed by atoms with van der Waals surface area (Å²) in [4.78, 5) is 47.0. The molecule has 0 radical (unpaired) electrons. The van der Waals surface area contributed by atoms with E-state index in [-0.39, 0.29) is 29.8 Å². The Balaban J connectivity index is 1.22. The molecule has 0 spiro atoms. The Kier molecular flexibility index (Phi) is 8.47. The zero-order chi connectivity index (χ0) is 27.8. The molecular formula is C29H24N2O8. The van der Waals surface area contributed by atoms with E-state index in [9.17, 15) is 24.5 Å². The van der Waals surface area contributed by atoms with Gasteiger partial charge in [0.1, 0.15) is 11.5 Å². The first-order chi connectivity index (χ1) is 18.8. The standard InChI is InChI=1S/C29H24N2O8/c1-37-27-13-7-21(17-25(27)31(35)36)26(32)18-38-29(34)15-14-28(33)30-22-8-11-23(12-9-22)39-24-10-6-19-4-2-3-5-20(19)16-24/h2-13,16-17H,14-15,18H2,1H3,(H,30,33). The lowest BCUT2D eigenvalue weighted by Crippen LogP contribution is -2.17. The largest absolute Gasteiger partial charge is 0.490 e. The van der Waals surface area contributed by atoms with Crippen LogP contribution in [-0.4, -0.2) is 36.3 Å². The number of nitro groups is 1. The highest BCUT2D eigenvalue weighted by Crippen LogP contribution is 2.28. The smallest absolute Gasteiger partial charge is 0.311 e. The molecule has 1 amide bonds. The molecule has 0 aromatic heterocycles. The first-order valence-electron chi connectivity index (χ1n) is 11.9. The van der Waals surface area contributed by atoms with Crippen LogP contribution in [0.2, 0.25) is 0 Å². The highest BCUT2D eigenvalue weighted by atomic mass is 16.6. The van der Waals surface area contributed by atoms with Crippen LogP contribution in [-0.2, 0) is 14.3 Å². The molecule has 0 aliphatic heterocycles. The van der Waals surface area contributed by atoms with Crippen LogP contribution in [0.5, 0.6) is 17.2 Å². The van der Waals surface area contributed by atoms with E-state index in [1.54, 1.807) is 24.3 Å². The van der Waals surface area contributed by atoms with Crippen molar-refractivity contribution in [2.24, 2.45) is 0 Å².